The number of hydrogen-bond donors (Lipinski definition) is 0. The molecule has 3 heterocycles. The highest BCUT2D eigenvalue weighted by molar-refractivity contribution is 7.26. The van der Waals surface area contributed by atoms with Crippen molar-refractivity contribution in [3.63, 3.8) is 0 Å². The van der Waals surface area contributed by atoms with Crippen LogP contribution in [0.25, 0.3) is 173 Å². The van der Waals surface area contributed by atoms with Crippen molar-refractivity contribution < 1.29 is 8.83 Å². The van der Waals surface area contributed by atoms with Crippen LogP contribution in [0.1, 0.15) is 0 Å². The van der Waals surface area contributed by atoms with Gasteiger partial charge in [0.25, 0.3) is 0 Å². The molecule has 0 radical (unpaired) electrons. The van der Waals surface area contributed by atoms with E-state index in [-0.39, 0.29) is 0 Å². The first kappa shape index (κ1) is 41.0. The predicted octanol–water partition coefficient (Wildman–Crippen LogP) is 21.4. The van der Waals surface area contributed by atoms with Gasteiger partial charge in [-0.25, -0.2) is 0 Å². The molecule has 75 heavy (non-hydrogen) atoms. The van der Waals surface area contributed by atoms with Gasteiger partial charge in [-0.3, -0.25) is 0 Å². The third kappa shape index (κ3) is 5.90. The Hall–Kier alpha value is -9.54. The molecule has 0 spiro atoms. The van der Waals surface area contributed by atoms with Crippen LogP contribution in [0.5, 0.6) is 0 Å². The average Bonchev–Trinajstić information content (AvgIpc) is 4.19. The van der Waals surface area contributed by atoms with E-state index < -0.39 is 0 Å². The summed E-state index contributed by atoms with van der Waals surface area (Å²) >= 11 is 1.91. The van der Waals surface area contributed by atoms with Crippen molar-refractivity contribution in [3.05, 3.63) is 243 Å². The molecule has 3 aromatic heterocycles. The highest BCUT2D eigenvalue weighted by Gasteiger charge is 2.24. The molecule has 346 valence electrons. The van der Waals surface area contributed by atoms with E-state index >= 15 is 0 Å². The summed E-state index contributed by atoms with van der Waals surface area (Å²) in [5.41, 5.74) is 13.5. The minimum absolute atomic E-state index is 0.900. The lowest BCUT2D eigenvalue weighted by Crippen LogP contribution is -1.91. The maximum Gasteiger partial charge on any atom is 0.136 e. The van der Waals surface area contributed by atoms with E-state index in [9.17, 15) is 0 Å². The van der Waals surface area contributed by atoms with Gasteiger partial charge in [0.05, 0.1) is 0 Å². The SMILES string of the molecule is c1ccc2cc3c(cc2c1)oc1ccc(-c2c4ccccc4c(-c4cccc5c4sc4cccc(-c6c7ccccc7c(-c7ccc8oc9cc%10ccccc%10cc9c8c7)c7ccccc67)c45)c4ccccc24)cc13. The third-order valence-corrected chi connectivity index (χ3v) is 17.4. The summed E-state index contributed by atoms with van der Waals surface area (Å²) in [6, 6.07) is 89.5. The van der Waals surface area contributed by atoms with E-state index in [0.717, 1.165) is 43.9 Å². The van der Waals surface area contributed by atoms with Gasteiger partial charge in [-0.05, 0) is 158 Å². The molecular formula is C72H40O2S. The van der Waals surface area contributed by atoms with Gasteiger partial charge in [0.1, 0.15) is 22.3 Å². The summed E-state index contributed by atoms with van der Waals surface area (Å²) in [7, 11) is 0. The van der Waals surface area contributed by atoms with Crippen LogP contribution in [0.2, 0.25) is 0 Å². The quantitative estimate of drug-likeness (QED) is 0.164. The zero-order chi connectivity index (χ0) is 48.9. The summed E-state index contributed by atoms with van der Waals surface area (Å²) < 4.78 is 15.6. The van der Waals surface area contributed by atoms with Crippen molar-refractivity contribution in [1.82, 2.24) is 0 Å². The zero-order valence-electron chi connectivity index (χ0n) is 40.3. The molecule has 14 aromatic carbocycles. The Kier molecular flexibility index (Phi) is 8.46. The summed E-state index contributed by atoms with van der Waals surface area (Å²) in [6.45, 7) is 0. The summed E-state index contributed by atoms with van der Waals surface area (Å²) in [5.74, 6) is 0. The van der Waals surface area contributed by atoms with Crippen LogP contribution >= 0.6 is 11.3 Å². The number of thiophene rings is 1. The number of hydrogen-bond acceptors (Lipinski definition) is 3. The van der Waals surface area contributed by atoms with Crippen LogP contribution in [0.15, 0.2) is 251 Å². The van der Waals surface area contributed by atoms with E-state index in [1.165, 1.54) is 129 Å². The first-order valence-corrected chi connectivity index (χ1v) is 26.5. The second-order valence-corrected chi connectivity index (χ2v) is 21.2. The molecule has 0 aliphatic rings. The van der Waals surface area contributed by atoms with Crippen LogP contribution < -0.4 is 0 Å². The molecule has 0 aliphatic carbocycles. The Balaban J connectivity index is 0.877. The second kappa shape index (κ2) is 15.5. The maximum atomic E-state index is 6.50. The van der Waals surface area contributed by atoms with Crippen molar-refractivity contribution in [1.29, 1.82) is 0 Å². The number of fused-ring (bicyclic) bond motifs is 15. The van der Waals surface area contributed by atoms with Crippen LogP contribution in [-0.2, 0) is 0 Å². The van der Waals surface area contributed by atoms with Crippen LogP contribution in [0.4, 0.5) is 0 Å². The minimum Gasteiger partial charge on any atom is -0.456 e. The van der Waals surface area contributed by atoms with E-state index in [0.29, 0.717) is 0 Å². The molecule has 3 heteroatoms. The number of furan rings is 2. The van der Waals surface area contributed by atoms with Gasteiger partial charge in [-0.15, -0.1) is 11.3 Å². The molecule has 2 nitrogen and oxygen atoms in total. The van der Waals surface area contributed by atoms with E-state index in [1.54, 1.807) is 0 Å². The average molecular weight is 969 g/mol. The van der Waals surface area contributed by atoms with Crippen molar-refractivity contribution in [2.24, 2.45) is 0 Å². The van der Waals surface area contributed by atoms with Crippen LogP contribution in [0.3, 0.4) is 0 Å². The predicted molar refractivity (Wildman–Crippen MR) is 321 cm³/mol. The highest BCUT2D eigenvalue weighted by atomic mass is 32.1. The van der Waals surface area contributed by atoms with Crippen molar-refractivity contribution >= 4 is 140 Å². The molecular weight excluding hydrogens is 929 g/mol. The van der Waals surface area contributed by atoms with Gasteiger partial charge in [0, 0.05) is 47.3 Å². The van der Waals surface area contributed by atoms with Crippen LogP contribution in [-0.4, -0.2) is 0 Å². The molecule has 0 atom stereocenters. The summed E-state index contributed by atoms with van der Waals surface area (Å²) in [4.78, 5) is 0. The molecule has 0 saturated carbocycles. The molecule has 0 bridgehead atoms. The number of benzene rings is 14. The standard InChI is InChI=1S/C72H40O2S/c1-3-17-43-39-64-60(35-41(43)15-1)58-37-45(31-33-62(58)73-64)67-47-19-5-9-23-51(47)69(52-24-10-6-20-48(52)67)55-27-14-30-66-71(55)57-29-13-28-56(72(57)75-66)70-53-25-11-7-21-49(53)68(50-22-8-12-26-54(50)70)46-32-34-63-59(38-46)61-36-42-16-2-4-18-44(42)40-65(61)74-63/h1-40H. The fourth-order valence-corrected chi connectivity index (χ4v) is 14.2. The van der Waals surface area contributed by atoms with Gasteiger partial charge >= 0.3 is 0 Å². The highest BCUT2D eigenvalue weighted by Crippen LogP contribution is 2.52. The third-order valence-electron chi connectivity index (χ3n) is 16.2. The Bertz CT molecular complexity index is 5200. The Morgan fingerprint density at radius 1 is 0.240 bits per heavy atom. The van der Waals surface area contributed by atoms with Crippen molar-refractivity contribution in [2.75, 3.05) is 0 Å². The minimum atomic E-state index is 0.900. The van der Waals surface area contributed by atoms with Crippen molar-refractivity contribution in [3.8, 4) is 44.5 Å². The van der Waals surface area contributed by atoms with Gasteiger partial charge < -0.3 is 8.83 Å². The first-order valence-electron chi connectivity index (χ1n) is 25.7. The van der Waals surface area contributed by atoms with E-state index in [1.807, 2.05) is 11.3 Å². The normalized spacial score (nSPS) is 12.3. The number of rotatable bonds is 4. The molecule has 0 N–H and O–H groups in total. The molecule has 17 rings (SSSR count). The summed E-state index contributed by atoms with van der Waals surface area (Å²) in [5, 5.41) is 21.7. The Labute approximate surface area is 433 Å². The topological polar surface area (TPSA) is 26.3 Å². The van der Waals surface area contributed by atoms with Gasteiger partial charge in [0.15, 0.2) is 0 Å². The molecule has 0 saturated heterocycles. The second-order valence-electron chi connectivity index (χ2n) is 20.2. The zero-order valence-corrected chi connectivity index (χ0v) is 41.1. The van der Waals surface area contributed by atoms with Gasteiger partial charge in [-0.1, -0.05) is 188 Å². The Morgan fingerprint density at radius 3 is 1.07 bits per heavy atom. The smallest absolute Gasteiger partial charge is 0.136 e. The van der Waals surface area contributed by atoms with E-state index in [2.05, 4.69) is 243 Å². The van der Waals surface area contributed by atoms with E-state index in [4.69, 9.17) is 8.83 Å². The first-order chi connectivity index (χ1) is 37.2. The molecule has 0 amide bonds. The molecule has 0 fully saturated rings. The molecule has 0 aliphatic heterocycles. The van der Waals surface area contributed by atoms with Crippen molar-refractivity contribution in [2.45, 2.75) is 0 Å². The lowest BCUT2D eigenvalue weighted by atomic mass is 9.84. The molecule has 0 unspecified atom stereocenters. The maximum absolute atomic E-state index is 6.50. The summed E-state index contributed by atoms with van der Waals surface area (Å²) in [6.07, 6.45) is 0. The fraction of sp³-hybridized carbons (Fsp3) is 0. The Morgan fingerprint density at radius 2 is 0.600 bits per heavy atom. The van der Waals surface area contributed by atoms with Gasteiger partial charge in [0.2, 0.25) is 0 Å². The van der Waals surface area contributed by atoms with Crippen LogP contribution in [0, 0.1) is 0 Å². The van der Waals surface area contributed by atoms with Gasteiger partial charge in [-0.2, -0.15) is 0 Å². The fourth-order valence-electron chi connectivity index (χ4n) is 12.9. The molecule has 17 aromatic rings. The monoisotopic (exact) mass is 968 g/mol. The lowest BCUT2D eigenvalue weighted by Gasteiger charge is -2.19. The largest absolute Gasteiger partial charge is 0.456 e. The lowest BCUT2D eigenvalue weighted by molar-refractivity contribution is 0.669.